The summed E-state index contributed by atoms with van der Waals surface area (Å²) in [5.41, 5.74) is 2.70. The van der Waals surface area contributed by atoms with Crippen LogP contribution in [0.3, 0.4) is 0 Å². The highest BCUT2D eigenvalue weighted by Gasteiger charge is 2.18. The number of pyridine rings is 1. The first-order valence-electron chi connectivity index (χ1n) is 8.14. The Hall–Kier alpha value is -2.44. The normalized spacial score (nSPS) is 15.4. The summed E-state index contributed by atoms with van der Waals surface area (Å²) < 4.78 is 0. The summed E-state index contributed by atoms with van der Waals surface area (Å²) in [6.45, 7) is 2.51. The van der Waals surface area contributed by atoms with Crippen LogP contribution in [0.1, 0.15) is 11.1 Å². The first-order chi connectivity index (χ1) is 11.7. The number of nitrogens with zero attached hydrogens (tertiary/aromatic N) is 2. The molecule has 0 fully saturated rings. The van der Waals surface area contributed by atoms with Crippen molar-refractivity contribution >= 4 is 11.8 Å². The van der Waals surface area contributed by atoms with Crippen LogP contribution in [0.15, 0.2) is 48.7 Å². The fourth-order valence-electron chi connectivity index (χ4n) is 2.88. The Kier molecular flexibility index (Phi) is 5.40. The monoisotopic (exact) mass is 326 g/mol. The van der Waals surface area contributed by atoms with E-state index in [2.05, 4.69) is 38.7 Å². The number of benzene rings is 1. The van der Waals surface area contributed by atoms with Crippen LogP contribution in [0, 0.1) is 0 Å². The quantitative estimate of drug-likeness (QED) is 0.780. The van der Waals surface area contributed by atoms with Crippen LogP contribution in [0.4, 0.5) is 10.6 Å². The molecule has 0 spiro atoms. The van der Waals surface area contributed by atoms with E-state index < -0.39 is 6.10 Å². The standard InChI is InChI=1S/C18H22N4O2/c23-16(11-20-18(24)21-17-7-3-4-9-19-17)13-22-10-8-14-5-1-2-6-15(14)12-22/h1-7,9,16,23H,8,10-13H2,(H2,19,20,21,24). The minimum absolute atomic E-state index is 0.205. The number of hydrogen-bond acceptors (Lipinski definition) is 4. The van der Waals surface area contributed by atoms with Gasteiger partial charge in [-0.3, -0.25) is 10.2 Å². The second kappa shape index (κ2) is 7.90. The molecule has 3 N–H and O–H groups in total. The highest BCUT2D eigenvalue weighted by Crippen LogP contribution is 2.18. The molecule has 3 rings (SSSR count). The second-order valence-electron chi connectivity index (χ2n) is 5.96. The first kappa shape index (κ1) is 16.4. The van der Waals surface area contributed by atoms with Crippen molar-refractivity contribution in [1.29, 1.82) is 0 Å². The van der Waals surface area contributed by atoms with Crippen LogP contribution >= 0.6 is 0 Å². The van der Waals surface area contributed by atoms with E-state index in [0.717, 1.165) is 19.5 Å². The van der Waals surface area contributed by atoms with E-state index in [1.807, 2.05) is 6.07 Å². The summed E-state index contributed by atoms with van der Waals surface area (Å²) in [6.07, 6.45) is 2.00. The zero-order valence-corrected chi connectivity index (χ0v) is 13.5. The lowest BCUT2D eigenvalue weighted by Crippen LogP contribution is -2.43. The average molecular weight is 326 g/mol. The van der Waals surface area contributed by atoms with Crippen molar-refractivity contribution in [2.75, 3.05) is 25.0 Å². The number of aromatic nitrogens is 1. The van der Waals surface area contributed by atoms with Gasteiger partial charge in [-0.2, -0.15) is 0 Å². The Labute approximate surface area is 141 Å². The molecule has 1 aliphatic heterocycles. The van der Waals surface area contributed by atoms with Crippen LogP contribution in [0.25, 0.3) is 0 Å². The molecule has 1 atom stereocenters. The molecule has 6 nitrogen and oxygen atoms in total. The molecule has 0 bridgehead atoms. The molecule has 2 heterocycles. The number of carbonyl (C=O) groups is 1. The van der Waals surface area contributed by atoms with Gasteiger partial charge in [-0.25, -0.2) is 9.78 Å². The number of carbonyl (C=O) groups excluding carboxylic acids is 1. The van der Waals surface area contributed by atoms with E-state index in [9.17, 15) is 9.90 Å². The molecule has 0 saturated carbocycles. The van der Waals surface area contributed by atoms with Crippen molar-refractivity contribution in [3.63, 3.8) is 0 Å². The van der Waals surface area contributed by atoms with E-state index in [4.69, 9.17) is 0 Å². The fourth-order valence-corrected chi connectivity index (χ4v) is 2.88. The average Bonchev–Trinajstić information content (AvgIpc) is 2.61. The smallest absolute Gasteiger partial charge is 0.320 e. The highest BCUT2D eigenvalue weighted by molar-refractivity contribution is 5.88. The summed E-state index contributed by atoms with van der Waals surface area (Å²) >= 11 is 0. The van der Waals surface area contributed by atoms with Gasteiger partial charge in [0.1, 0.15) is 5.82 Å². The molecule has 24 heavy (non-hydrogen) atoms. The Morgan fingerprint density at radius 3 is 2.79 bits per heavy atom. The van der Waals surface area contributed by atoms with Gasteiger partial charge in [0.2, 0.25) is 0 Å². The van der Waals surface area contributed by atoms with E-state index in [1.165, 1.54) is 11.1 Å². The van der Waals surface area contributed by atoms with Gasteiger partial charge in [-0.05, 0) is 29.7 Å². The topological polar surface area (TPSA) is 77.5 Å². The van der Waals surface area contributed by atoms with Crippen molar-refractivity contribution in [2.24, 2.45) is 0 Å². The Bertz CT molecular complexity index is 678. The summed E-state index contributed by atoms with van der Waals surface area (Å²) in [5, 5.41) is 15.5. The third-order valence-electron chi connectivity index (χ3n) is 4.08. The Balaban J connectivity index is 1.41. The van der Waals surface area contributed by atoms with Crippen molar-refractivity contribution in [2.45, 2.75) is 19.1 Å². The maximum absolute atomic E-state index is 11.8. The maximum Gasteiger partial charge on any atom is 0.320 e. The number of nitrogens with one attached hydrogen (secondary N) is 2. The lowest BCUT2D eigenvalue weighted by atomic mass is 10.00. The lowest BCUT2D eigenvalue weighted by Gasteiger charge is -2.30. The number of β-amino-alcohol motifs (C(OH)–C–C–N with tert-alkyl or cyclic N) is 1. The van der Waals surface area contributed by atoms with Crippen molar-refractivity contribution in [1.82, 2.24) is 15.2 Å². The zero-order chi connectivity index (χ0) is 16.8. The Morgan fingerprint density at radius 1 is 1.21 bits per heavy atom. The van der Waals surface area contributed by atoms with Crippen LogP contribution in [-0.4, -0.2) is 46.8 Å². The third-order valence-corrected chi connectivity index (χ3v) is 4.08. The van der Waals surface area contributed by atoms with Crippen LogP contribution < -0.4 is 10.6 Å². The number of amides is 2. The van der Waals surface area contributed by atoms with E-state index in [-0.39, 0.29) is 12.6 Å². The zero-order valence-electron chi connectivity index (χ0n) is 13.5. The van der Waals surface area contributed by atoms with Gasteiger partial charge < -0.3 is 10.4 Å². The molecule has 0 saturated heterocycles. The summed E-state index contributed by atoms with van der Waals surface area (Å²) in [4.78, 5) is 18.0. The number of rotatable bonds is 5. The van der Waals surface area contributed by atoms with Gasteiger partial charge in [-0.1, -0.05) is 30.3 Å². The van der Waals surface area contributed by atoms with E-state index >= 15 is 0 Å². The molecule has 1 aromatic heterocycles. The molecular formula is C18H22N4O2. The molecule has 6 heteroatoms. The largest absolute Gasteiger partial charge is 0.390 e. The van der Waals surface area contributed by atoms with Gasteiger partial charge in [-0.15, -0.1) is 0 Å². The number of anilines is 1. The van der Waals surface area contributed by atoms with Crippen molar-refractivity contribution < 1.29 is 9.90 Å². The van der Waals surface area contributed by atoms with Crippen LogP contribution in [-0.2, 0) is 13.0 Å². The fraction of sp³-hybridized carbons (Fsp3) is 0.333. The molecule has 0 radical (unpaired) electrons. The maximum atomic E-state index is 11.8. The molecule has 1 aliphatic rings. The summed E-state index contributed by atoms with van der Waals surface area (Å²) in [7, 11) is 0. The van der Waals surface area contributed by atoms with Crippen molar-refractivity contribution in [3.8, 4) is 0 Å². The number of urea groups is 1. The first-order valence-corrected chi connectivity index (χ1v) is 8.14. The molecular weight excluding hydrogens is 304 g/mol. The summed E-state index contributed by atoms with van der Waals surface area (Å²) in [6, 6.07) is 13.3. The Morgan fingerprint density at radius 2 is 2.00 bits per heavy atom. The molecule has 126 valence electrons. The van der Waals surface area contributed by atoms with E-state index in [0.29, 0.717) is 12.4 Å². The lowest BCUT2D eigenvalue weighted by molar-refractivity contribution is 0.106. The van der Waals surface area contributed by atoms with Gasteiger partial charge in [0, 0.05) is 32.4 Å². The number of fused-ring (bicyclic) bond motifs is 1. The predicted molar refractivity (Wildman–Crippen MR) is 92.7 cm³/mol. The molecule has 2 amide bonds. The third kappa shape index (κ3) is 4.53. The van der Waals surface area contributed by atoms with Crippen molar-refractivity contribution in [3.05, 3.63) is 59.8 Å². The van der Waals surface area contributed by atoms with Gasteiger partial charge in [0.15, 0.2) is 0 Å². The van der Waals surface area contributed by atoms with Gasteiger partial charge in [0.25, 0.3) is 0 Å². The number of aliphatic hydroxyl groups is 1. The molecule has 1 aromatic carbocycles. The molecule has 2 aromatic rings. The number of aliphatic hydroxyl groups excluding tert-OH is 1. The summed E-state index contributed by atoms with van der Waals surface area (Å²) in [5.74, 6) is 0.483. The van der Waals surface area contributed by atoms with Crippen LogP contribution in [0.5, 0.6) is 0 Å². The molecule has 1 unspecified atom stereocenters. The minimum Gasteiger partial charge on any atom is -0.390 e. The second-order valence-corrected chi connectivity index (χ2v) is 5.96. The predicted octanol–water partition coefficient (Wildman–Crippen LogP) is 1.62. The highest BCUT2D eigenvalue weighted by atomic mass is 16.3. The van der Waals surface area contributed by atoms with Gasteiger partial charge in [0.05, 0.1) is 6.10 Å². The minimum atomic E-state index is -0.607. The molecule has 0 aliphatic carbocycles. The number of hydrogen-bond donors (Lipinski definition) is 3. The van der Waals surface area contributed by atoms with E-state index in [1.54, 1.807) is 24.4 Å². The SMILES string of the molecule is O=C(NCC(O)CN1CCc2ccccc2C1)Nc1ccccn1. The van der Waals surface area contributed by atoms with Crippen LogP contribution in [0.2, 0.25) is 0 Å². The van der Waals surface area contributed by atoms with Gasteiger partial charge >= 0.3 is 6.03 Å².